The fourth-order valence-corrected chi connectivity index (χ4v) is 2.00. The zero-order valence-corrected chi connectivity index (χ0v) is 10.3. The van der Waals surface area contributed by atoms with Crippen molar-refractivity contribution in [1.82, 2.24) is 5.32 Å². The SMILES string of the molecule is CC(C)CC(CN)NC(=O)C1CC1(C)C. The molecule has 0 saturated heterocycles. The molecular formula is C12H24N2O. The molecule has 0 bridgehead atoms. The van der Waals surface area contributed by atoms with Gasteiger partial charge in [0.2, 0.25) is 5.91 Å². The van der Waals surface area contributed by atoms with Crippen LogP contribution in [0, 0.1) is 17.3 Å². The van der Waals surface area contributed by atoms with E-state index in [1.165, 1.54) is 0 Å². The Labute approximate surface area is 92.8 Å². The summed E-state index contributed by atoms with van der Waals surface area (Å²) in [5.41, 5.74) is 5.85. The average Bonchev–Trinajstić information content (AvgIpc) is 2.73. The lowest BCUT2D eigenvalue weighted by molar-refractivity contribution is -0.123. The maximum atomic E-state index is 11.8. The Bertz CT molecular complexity index is 236. The summed E-state index contributed by atoms with van der Waals surface area (Å²) in [4.78, 5) is 11.8. The fourth-order valence-electron chi connectivity index (χ4n) is 2.00. The van der Waals surface area contributed by atoms with E-state index >= 15 is 0 Å². The van der Waals surface area contributed by atoms with Crippen LogP contribution in [0.15, 0.2) is 0 Å². The molecule has 3 heteroatoms. The maximum absolute atomic E-state index is 11.8. The largest absolute Gasteiger partial charge is 0.352 e. The first-order chi connectivity index (χ1) is 6.86. The molecule has 1 saturated carbocycles. The Balaban J connectivity index is 2.36. The Morgan fingerprint density at radius 2 is 2.07 bits per heavy atom. The van der Waals surface area contributed by atoms with Crippen LogP contribution in [0.1, 0.15) is 40.5 Å². The minimum absolute atomic E-state index is 0.147. The van der Waals surface area contributed by atoms with Crippen LogP contribution in [0.3, 0.4) is 0 Å². The van der Waals surface area contributed by atoms with E-state index in [9.17, 15) is 4.79 Å². The van der Waals surface area contributed by atoms with Gasteiger partial charge in [0.05, 0.1) is 0 Å². The summed E-state index contributed by atoms with van der Waals surface area (Å²) in [6, 6.07) is 0.147. The molecule has 0 aromatic rings. The predicted octanol–water partition coefficient (Wildman–Crippen LogP) is 1.52. The number of nitrogens with one attached hydrogen (secondary N) is 1. The lowest BCUT2D eigenvalue weighted by Gasteiger charge is -2.19. The van der Waals surface area contributed by atoms with Crippen LogP contribution in [-0.4, -0.2) is 18.5 Å². The van der Waals surface area contributed by atoms with Gasteiger partial charge in [0, 0.05) is 18.5 Å². The van der Waals surface area contributed by atoms with Crippen LogP contribution in [0.5, 0.6) is 0 Å². The van der Waals surface area contributed by atoms with Gasteiger partial charge in [-0.25, -0.2) is 0 Å². The van der Waals surface area contributed by atoms with Gasteiger partial charge in [-0.15, -0.1) is 0 Å². The number of hydrogen-bond donors (Lipinski definition) is 2. The quantitative estimate of drug-likeness (QED) is 0.726. The van der Waals surface area contributed by atoms with E-state index < -0.39 is 0 Å². The summed E-state index contributed by atoms with van der Waals surface area (Å²) in [6.07, 6.45) is 1.98. The molecule has 15 heavy (non-hydrogen) atoms. The van der Waals surface area contributed by atoms with Crippen molar-refractivity contribution in [2.45, 2.75) is 46.6 Å². The molecule has 0 aromatic carbocycles. The molecule has 1 fully saturated rings. The van der Waals surface area contributed by atoms with Crippen molar-refractivity contribution < 1.29 is 4.79 Å². The van der Waals surface area contributed by atoms with Gasteiger partial charge in [-0.1, -0.05) is 27.7 Å². The summed E-state index contributed by atoms with van der Waals surface area (Å²) < 4.78 is 0. The van der Waals surface area contributed by atoms with E-state index in [-0.39, 0.29) is 23.3 Å². The third-order valence-corrected chi connectivity index (χ3v) is 3.22. The van der Waals surface area contributed by atoms with Gasteiger partial charge in [0.1, 0.15) is 0 Å². The molecule has 2 unspecified atom stereocenters. The highest BCUT2D eigenvalue weighted by molar-refractivity contribution is 5.82. The molecule has 88 valence electrons. The molecule has 3 N–H and O–H groups in total. The van der Waals surface area contributed by atoms with E-state index in [0.717, 1.165) is 12.8 Å². The van der Waals surface area contributed by atoms with E-state index in [1.807, 2.05) is 0 Å². The highest BCUT2D eigenvalue weighted by atomic mass is 16.2. The number of rotatable bonds is 5. The van der Waals surface area contributed by atoms with Crippen molar-refractivity contribution in [2.75, 3.05) is 6.54 Å². The molecule has 1 aliphatic rings. The Morgan fingerprint density at radius 3 is 2.40 bits per heavy atom. The second-order valence-corrected chi connectivity index (χ2v) is 5.82. The minimum Gasteiger partial charge on any atom is -0.352 e. The van der Waals surface area contributed by atoms with Crippen molar-refractivity contribution in [2.24, 2.45) is 23.0 Å². The first-order valence-corrected chi connectivity index (χ1v) is 5.87. The fraction of sp³-hybridized carbons (Fsp3) is 0.917. The molecule has 0 aromatic heterocycles. The van der Waals surface area contributed by atoms with Gasteiger partial charge < -0.3 is 11.1 Å². The summed E-state index contributed by atoms with van der Waals surface area (Å²) in [5.74, 6) is 0.973. The second kappa shape index (κ2) is 4.52. The molecule has 0 spiro atoms. The standard InChI is InChI=1S/C12H24N2O/c1-8(2)5-9(7-13)14-11(15)10-6-12(10,3)4/h8-10H,5-7,13H2,1-4H3,(H,14,15). The van der Waals surface area contributed by atoms with Gasteiger partial charge in [-0.3, -0.25) is 4.79 Å². The highest BCUT2D eigenvalue weighted by Gasteiger charge is 2.50. The number of amides is 1. The van der Waals surface area contributed by atoms with Gasteiger partial charge in [-0.2, -0.15) is 0 Å². The monoisotopic (exact) mass is 212 g/mol. The van der Waals surface area contributed by atoms with Crippen LogP contribution >= 0.6 is 0 Å². The summed E-state index contributed by atoms with van der Waals surface area (Å²) >= 11 is 0. The summed E-state index contributed by atoms with van der Waals surface area (Å²) in [5, 5.41) is 3.05. The van der Waals surface area contributed by atoms with Crippen LogP contribution in [0.2, 0.25) is 0 Å². The van der Waals surface area contributed by atoms with E-state index in [1.54, 1.807) is 0 Å². The van der Waals surface area contributed by atoms with Crippen molar-refractivity contribution in [1.29, 1.82) is 0 Å². The van der Waals surface area contributed by atoms with Crippen molar-refractivity contribution in [3.63, 3.8) is 0 Å². The zero-order valence-electron chi connectivity index (χ0n) is 10.3. The number of carbonyl (C=O) groups excluding carboxylic acids is 1. The van der Waals surface area contributed by atoms with Gasteiger partial charge in [0.25, 0.3) is 0 Å². The second-order valence-electron chi connectivity index (χ2n) is 5.82. The average molecular weight is 212 g/mol. The van der Waals surface area contributed by atoms with E-state index in [2.05, 4.69) is 33.0 Å². The summed E-state index contributed by atoms with van der Waals surface area (Å²) in [7, 11) is 0. The lowest BCUT2D eigenvalue weighted by atomic mass is 10.0. The molecule has 1 amide bonds. The smallest absolute Gasteiger partial charge is 0.223 e. The molecule has 1 rings (SSSR count). The lowest BCUT2D eigenvalue weighted by Crippen LogP contribution is -2.42. The molecule has 0 aliphatic heterocycles. The van der Waals surface area contributed by atoms with Crippen molar-refractivity contribution in [3.05, 3.63) is 0 Å². The zero-order chi connectivity index (χ0) is 11.6. The number of hydrogen-bond acceptors (Lipinski definition) is 2. The summed E-state index contributed by atoms with van der Waals surface area (Å²) in [6.45, 7) is 9.11. The molecule has 2 atom stereocenters. The molecular weight excluding hydrogens is 188 g/mol. The third-order valence-electron chi connectivity index (χ3n) is 3.22. The normalized spacial score (nSPS) is 25.1. The number of nitrogens with two attached hydrogens (primary N) is 1. The molecule has 1 aliphatic carbocycles. The van der Waals surface area contributed by atoms with Crippen LogP contribution in [0.25, 0.3) is 0 Å². The first kappa shape index (κ1) is 12.5. The van der Waals surface area contributed by atoms with Crippen LogP contribution in [-0.2, 0) is 4.79 Å². The Morgan fingerprint density at radius 1 is 1.53 bits per heavy atom. The Kier molecular flexibility index (Phi) is 3.77. The van der Waals surface area contributed by atoms with Gasteiger partial charge in [-0.05, 0) is 24.2 Å². The maximum Gasteiger partial charge on any atom is 0.223 e. The first-order valence-electron chi connectivity index (χ1n) is 5.87. The number of carbonyl (C=O) groups is 1. The minimum atomic E-state index is 0.147. The highest BCUT2D eigenvalue weighted by Crippen LogP contribution is 2.51. The van der Waals surface area contributed by atoms with Crippen molar-refractivity contribution >= 4 is 5.91 Å². The van der Waals surface area contributed by atoms with Crippen LogP contribution < -0.4 is 11.1 Å². The predicted molar refractivity (Wildman–Crippen MR) is 62.3 cm³/mol. The Hall–Kier alpha value is -0.570. The van der Waals surface area contributed by atoms with E-state index in [0.29, 0.717) is 12.5 Å². The van der Waals surface area contributed by atoms with Gasteiger partial charge in [0.15, 0.2) is 0 Å². The van der Waals surface area contributed by atoms with Gasteiger partial charge >= 0.3 is 0 Å². The molecule has 3 nitrogen and oxygen atoms in total. The molecule has 0 radical (unpaired) electrons. The van der Waals surface area contributed by atoms with Crippen molar-refractivity contribution in [3.8, 4) is 0 Å². The third kappa shape index (κ3) is 3.49. The van der Waals surface area contributed by atoms with E-state index in [4.69, 9.17) is 5.73 Å². The topological polar surface area (TPSA) is 55.1 Å². The van der Waals surface area contributed by atoms with Crippen LogP contribution in [0.4, 0.5) is 0 Å². The molecule has 0 heterocycles.